The number of nitrogens with zero attached hydrogens (tertiary/aromatic N) is 2. The van der Waals surface area contributed by atoms with Gasteiger partial charge in [0.1, 0.15) is 0 Å². The molecule has 0 radical (unpaired) electrons. The molecule has 0 aliphatic carbocycles. The van der Waals surface area contributed by atoms with Crippen LogP contribution in [0.1, 0.15) is 41.1 Å². The molecule has 0 aromatic carbocycles. The fraction of sp³-hybridized carbons (Fsp3) is 0.400. The fourth-order valence-corrected chi connectivity index (χ4v) is 3.27. The smallest absolute Gasteiger partial charge is 0.278 e. The van der Waals surface area contributed by atoms with E-state index in [4.69, 9.17) is 0 Å². The summed E-state index contributed by atoms with van der Waals surface area (Å²) in [6.45, 7) is 6.13. The molecule has 112 valence electrons. The van der Waals surface area contributed by atoms with Gasteiger partial charge in [0.25, 0.3) is 5.69 Å². The summed E-state index contributed by atoms with van der Waals surface area (Å²) in [5.41, 5.74) is 2.16. The van der Waals surface area contributed by atoms with Gasteiger partial charge in [-0.2, -0.15) is 0 Å². The third-order valence-corrected chi connectivity index (χ3v) is 4.55. The zero-order chi connectivity index (χ0) is 15.4. The highest BCUT2D eigenvalue weighted by Gasteiger charge is 2.19. The van der Waals surface area contributed by atoms with E-state index in [1.54, 1.807) is 31.4 Å². The maximum absolute atomic E-state index is 11.1. The highest BCUT2D eigenvalue weighted by Crippen LogP contribution is 2.26. The van der Waals surface area contributed by atoms with Gasteiger partial charge in [0.05, 0.1) is 10.6 Å². The van der Waals surface area contributed by atoms with Crippen LogP contribution in [0.4, 0.5) is 5.69 Å². The lowest BCUT2D eigenvalue weighted by atomic mass is 10.1. The highest BCUT2D eigenvalue weighted by atomic mass is 32.1. The number of thiophene rings is 1. The SMILES string of the molecule is CCC(NCc1ncc(C)c([N+](=O)[O-])c1C)c1cccs1. The lowest BCUT2D eigenvalue weighted by Crippen LogP contribution is -2.21. The predicted octanol–water partition coefficient (Wildman–Crippen LogP) is 3.91. The Balaban J connectivity index is 2.17. The average molecular weight is 305 g/mol. The molecule has 2 rings (SSSR count). The number of aromatic nitrogens is 1. The second-order valence-corrected chi connectivity index (χ2v) is 5.96. The van der Waals surface area contributed by atoms with Crippen molar-refractivity contribution in [3.63, 3.8) is 0 Å². The minimum Gasteiger partial charge on any atom is -0.304 e. The number of rotatable bonds is 6. The summed E-state index contributed by atoms with van der Waals surface area (Å²) in [6, 6.07) is 4.39. The maximum Gasteiger partial charge on any atom is 0.278 e. The molecular weight excluding hydrogens is 286 g/mol. The van der Waals surface area contributed by atoms with Crippen LogP contribution in [0, 0.1) is 24.0 Å². The second kappa shape index (κ2) is 6.78. The summed E-state index contributed by atoms with van der Waals surface area (Å²) >= 11 is 1.71. The summed E-state index contributed by atoms with van der Waals surface area (Å²) in [5.74, 6) is 0. The third kappa shape index (κ3) is 3.46. The van der Waals surface area contributed by atoms with Gasteiger partial charge in [0, 0.05) is 34.8 Å². The van der Waals surface area contributed by atoms with Crippen molar-refractivity contribution < 1.29 is 4.92 Å². The van der Waals surface area contributed by atoms with Crippen molar-refractivity contribution in [3.05, 3.63) is 55.5 Å². The van der Waals surface area contributed by atoms with Crippen molar-refractivity contribution in [2.24, 2.45) is 0 Å². The molecule has 0 saturated carbocycles. The van der Waals surface area contributed by atoms with E-state index in [-0.39, 0.29) is 16.7 Å². The first-order valence-corrected chi connectivity index (χ1v) is 7.78. The molecule has 6 heteroatoms. The van der Waals surface area contributed by atoms with Gasteiger partial charge in [-0.1, -0.05) is 13.0 Å². The lowest BCUT2D eigenvalue weighted by Gasteiger charge is -2.16. The van der Waals surface area contributed by atoms with Gasteiger partial charge in [-0.15, -0.1) is 11.3 Å². The first kappa shape index (κ1) is 15.6. The van der Waals surface area contributed by atoms with Gasteiger partial charge in [-0.25, -0.2) is 0 Å². The molecule has 0 saturated heterocycles. The van der Waals surface area contributed by atoms with Crippen molar-refractivity contribution in [2.75, 3.05) is 0 Å². The number of hydrogen-bond donors (Lipinski definition) is 1. The molecular formula is C15H19N3O2S. The molecule has 0 aliphatic rings. The summed E-state index contributed by atoms with van der Waals surface area (Å²) in [6.07, 6.45) is 2.54. The summed E-state index contributed by atoms with van der Waals surface area (Å²) in [4.78, 5) is 16.4. The highest BCUT2D eigenvalue weighted by molar-refractivity contribution is 7.10. The molecule has 1 atom stereocenters. The van der Waals surface area contributed by atoms with Gasteiger partial charge in [-0.05, 0) is 31.7 Å². The van der Waals surface area contributed by atoms with E-state index in [1.807, 2.05) is 6.07 Å². The zero-order valence-corrected chi connectivity index (χ0v) is 13.2. The fourth-order valence-electron chi connectivity index (χ4n) is 2.38. The molecule has 1 N–H and O–H groups in total. The molecule has 2 heterocycles. The van der Waals surface area contributed by atoms with E-state index < -0.39 is 0 Å². The van der Waals surface area contributed by atoms with Crippen LogP contribution >= 0.6 is 11.3 Å². The Hall–Kier alpha value is -1.79. The van der Waals surface area contributed by atoms with Crippen LogP contribution in [0.5, 0.6) is 0 Å². The Bertz CT molecular complexity index is 626. The first-order chi connectivity index (χ1) is 10.0. The minimum absolute atomic E-state index is 0.172. The van der Waals surface area contributed by atoms with Crippen molar-refractivity contribution in [3.8, 4) is 0 Å². The van der Waals surface area contributed by atoms with Crippen LogP contribution in [0.15, 0.2) is 23.7 Å². The topological polar surface area (TPSA) is 68.1 Å². The summed E-state index contributed by atoms with van der Waals surface area (Å²) in [5, 5.41) is 16.6. The van der Waals surface area contributed by atoms with Crippen molar-refractivity contribution in [1.29, 1.82) is 0 Å². The molecule has 0 spiro atoms. The second-order valence-electron chi connectivity index (χ2n) is 4.98. The van der Waals surface area contributed by atoms with Gasteiger partial charge in [0.2, 0.25) is 0 Å². The van der Waals surface area contributed by atoms with Crippen LogP contribution in [0.25, 0.3) is 0 Å². The van der Waals surface area contributed by atoms with Gasteiger partial charge in [-0.3, -0.25) is 15.1 Å². The normalized spacial score (nSPS) is 12.3. The van der Waals surface area contributed by atoms with E-state index in [9.17, 15) is 10.1 Å². The molecule has 2 aromatic heterocycles. The molecule has 1 unspecified atom stereocenters. The van der Waals surface area contributed by atoms with E-state index in [0.29, 0.717) is 17.7 Å². The van der Waals surface area contributed by atoms with Crippen LogP contribution in [-0.4, -0.2) is 9.91 Å². The maximum atomic E-state index is 11.1. The van der Waals surface area contributed by atoms with Gasteiger partial charge < -0.3 is 5.32 Å². The Morgan fingerprint density at radius 3 is 2.81 bits per heavy atom. The van der Waals surface area contributed by atoms with Crippen LogP contribution in [-0.2, 0) is 6.54 Å². The Kier molecular flexibility index (Phi) is 5.03. The molecule has 0 bridgehead atoms. The molecule has 0 fully saturated rings. The zero-order valence-electron chi connectivity index (χ0n) is 12.4. The molecule has 2 aromatic rings. The average Bonchev–Trinajstić information content (AvgIpc) is 2.95. The largest absolute Gasteiger partial charge is 0.304 e. The predicted molar refractivity (Wildman–Crippen MR) is 84.6 cm³/mol. The number of hydrogen-bond acceptors (Lipinski definition) is 5. The molecule has 0 aliphatic heterocycles. The standard InChI is InChI=1S/C15H19N3O2S/c1-4-12(14-6-5-7-21-14)17-9-13-11(3)15(18(19)20)10(2)8-16-13/h5-8,12,17H,4,9H2,1-3H3. The van der Waals surface area contributed by atoms with Gasteiger partial charge >= 0.3 is 0 Å². The van der Waals surface area contributed by atoms with Gasteiger partial charge in [0.15, 0.2) is 0 Å². The van der Waals surface area contributed by atoms with Crippen LogP contribution < -0.4 is 5.32 Å². The summed E-state index contributed by atoms with van der Waals surface area (Å²) in [7, 11) is 0. The van der Waals surface area contributed by atoms with E-state index in [2.05, 4.69) is 28.7 Å². The monoisotopic (exact) mass is 305 g/mol. The number of nitro groups is 1. The van der Waals surface area contributed by atoms with Crippen molar-refractivity contribution in [1.82, 2.24) is 10.3 Å². The lowest BCUT2D eigenvalue weighted by molar-refractivity contribution is -0.386. The number of nitrogens with one attached hydrogen (secondary N) is 1. The Morgan fingerprint density at radius 2 is 2.24 bits per heavy atom. The molecule has 0 amide bonds. The van der Waals surface area contributed by atoms with Crippen LogP contribution in [0.3, 0.4) is 0 Å². The van der Waals surface area contributed by atoms with Crippen LogP contribution in [0.2, 0.25) is 0 Å². The quantitative estimate of drug-likeness (QED) is 0.649. The van der Waals surface area contributed by atoms with Crippen molar-refractivity contribution in [2.45, 2.75) is 39.8 Å². The Labute approximate surface area is 128 Å². The van der Waals surface area contributed by atoms with E-state index in [1.165, 1.54) is 4.88 Å². The summed E-state index contributed by atoms with van der Waals surface area (Å²) < 4.78 is 0. The first-order valence-electron chi connectivity index (χ1n) is 6.90. The minimum atomic E-state index is -0.327. The van der Waals surface area contributed by atoms with Crippen molar-refractivity contribution >= 4 is 17.0 Å². The molecule has 5 nitrogen and oxygen atoms in total. The Morgan fingerprint density at radius 1 is 1.48 bits per heavy atom. The van der Waals surface area contributed by atoms with E-state index >= 15 is 0 Å². The number of pyridine rings is 1. The third-order valence-electron chi connectivity index (χ3n) is 3.57. The van der Waals surface area contributed by atoms with E-state index in [0.717, 1.165) is 12.1 Å². The number of aryl methyl sites for hydroxylation is 1. The molecule has 21 heavy (non-hydrogen) atoms.